The summed E-state index contributed by atoms with van der Waals surface area (Å²) in [6.45, 7) is 4.23. The lowest BCUT2D eigenvalue weighted by Gasteiger charge is -2.24. The van der Waals surface area contributed by atoms with Crippen molar-refractivity contribution in [1.82, 2.24) is 4.31 Å². The van der Waals surface area contributed by atoms with Crippen LogP contribution in [-0.2, 0) is 16.6 Å². The van der Waals surface area contributed by atoms with Crippen LogP contribution in [0, 0.1) is 0 Å². The van der Waals surface area contributed by atoms with E-state index in [1.54, 1.807) is 11.3 Å². The van der Waals surface area contributed by atoms with Crippen LogP contribution in [0.3, 0.4) is 0 Å². The SMILES string of the molecule is CC(C)N(Cc1cccs1)S(=O)(=O)CBr. The molecular formula is C9H14BrNO2S2. The minimum absolute atomic E-state index is 0.0188. The molecule has 0 unspecified atom stereocenters. The third kappa shape index (κ3) is 3.55. The van der Waals surface area contributed by atoms with Gasteiger partial charge in [-0.2, -0.15) is 4.31 Å². The third-order valence-corrected chi connectivity index (χ3v) is 6.10. The monoisotopic (exact) mass is 311 g/mol. The molecule has 3 nitrogen and oxygen atoms in total. The van der Waals surface area contributed by atoms with Crippen molar-refractivity contribution in [2.45, 2.75) is 26.4 Å². The van der Waals surface area contributed by atoms with Crippen molar-refractivity contribution in [3.05, 3.63) is 22.4 Å². The molecule has 1 aromatic heterocycles. The van der Waals surface area contributed by atoms with Crippen LogP contribution in [0.2, 0.25) is 0 Å². The molecule has 6 heteroatoms. The molecule has 0 aliphatic carbocycles. The maximum absolute atomic E-state index is 11.8. The predicted octanol–water partition coefficient (Wildman–Crippen LogP) is 2.64. The maximum Gasteiger partial charge on any atom is 0.224 e. The topological polar surface area (TPSA) is 37.4 Å². The predicted molar refractivity (Wildman–Crippen MR) is 67.7 cm³/mol. The highest BCUT2D eigenvalue weighted by Crippen LogP contribution is 2.18. The first-order valence-corrected chi connectivity index (χ1v) is 8.16. The van der Waals surface area contributed by atoms with E-state index in [1.807, 2.05) is 31.4 Å². The molecule has 0 spiro atoms. The largest absolute Gasteiger partial charge is 0.224 e. The van der Waals surface area contributed by atoms with Crippen LogP contribution in [0.25, 0.3) is 0 Å². The van der Waals surface area contributed by atoms with Gasteiger partial charge in [-0.25, -0.2) is 8.42 Å². The van der Waals surface area contributed by atoms with Gasteiger partial charge in [0.25, 0.3) is 0 Å². The number of hydrogen-bond acceptors (Lipinski definition) is 3. The number of alkyl halides is 1. The lowest BCUT2D eigenvalue weighted by Crippen LogP contribution is -2.36. The van der Waals surface area contributed by atoms with Gasteiger partial charge in [-0.3, -0.25) is 0 Å². The minimum atomic E-state index is -3.18. The molecule has 0 aromatic carbocycles. The zero-order valence-electron chi connectivity index (χ0n) is 8.68. The van der Waals surface area contributed by atoms with Crippen molar-refractivity contribution in [1.29, 1.82) is 0 Å². The van der Waals surface area contributed by atoms with Crippen molar-refractivity contribution in [3.63, 3.8) is 0 Å². The molecule has 15 heavy (non-hydrogen) atoms. The highest BCUT2D eigenvalue weighted by molar-refractivity contribution is 9.10. The van der Waals surface area contributed by atoms with Crippen LogP contribution < -0.4 is 0 Å². The molecule has 86 valence electrons. The quantitative estimate of drug-likeness (QED) is 0.784. The van der Waals surface area contributed by atoms with Gasteiger partial charge in [0.05, 0.1) is 0 Å². The Labute approximate surface area is 103 Å². The van der Waals surface area contributed by atoms with E-state index in [1.165, 1.54) is 4.31 Å². The fraction of sp³-hybridized carbons (Fsp3) is 0.556. The second-order valence-corrected chi connectivity index (χ2v) is 7.70. The number of hydrogen-bond donors (Lipinski definition) is 0. The molecule has 0 atom stereocenters. The van der Waals surface area contributed by atoms with E-state index < -0.39 is 10.0 Å². The van der Waals surface area contributed by atoms with Gasteiger partial charge in [-0.1, -0.05) is 22.0 Å². The molecule has 0 saturated carbocycles. The Kier molecular flexibility index (Phi) is 4.76. The van der Waals surface area contributed by atoms with Gasteiger partial charge in [0, 0.05) is 17.5 Å². The molecule has 1 aromatic rings. The first-order valence-electron chi connectivity index (χ1n) is 4.55. The molecule has 0 saturated heterocycles. The van der Waals surface area contributed by atoms with Crippen LogP contribution in [0.5, 0.6) is 0 Å². The summed E-state index contributed by atoms with van der Waals surface area (Å²) in [5, 5.41) is 1.95. The highest BCUT2D eigenvalue weighted by Gasteiger charge is 2.23. The molecule has 0 aliphatic heterocycles. The molecule has 1 rings (SSSR count). The number of thiophene rings is 1. The fourth-order valence-electron chi connectivity index (χ4n) is 1.22. The normalized spacial score (nSPS) is 12.6. The van der Waals surface area contributed by atoms with Crippen molar-refractivity contribution < 1.29 is 8.42 Å². The fourth-order valence-corrected chi connectivity index (χ4v) is 3.90. The van der Waals surface area contributed by atoms with Crippen LogP contribution in [0.4, 0.5) is 0 Å². The molecule has 0 N–H and O–H groups in total. The molecule has 0 radical (unpaired) electrons. The van der Waals surface area contributed by atoms with Crippen molar-refractivity contribution in [3.8, 4) is 0 Å². The average Bonchev–Trinajstić information content (AvgIpc) is 2.65. The van der Waals surface area contributed by atoms with Gasteiger partial charge >= 0.3 is 0 Å². The first kappa shape index (κ1) is 13.2. The zero-order valence-corrected chi connectivity index (χ0v) is 11.9. The molecular weight excluding hydrogens is 298 g/mol. The number of nitrogens with zero attached hydrogens (tertiary/aromatic N) is 1. The first-order chi connectivity index (χ1) is 6.97. The van der Waals surface area contributed by atoms with Gasteiger partial charge in [-0.05, 0) is 25.3 Å². The lowest BCUT2D eigenvalue weighted by molar-refractivity contribution is 0.353. The Bertz CT molecular complexity index is 386. The Balaban J connectivity index is 2.85. The number of halogens is 1. The summed E-state index contributed by atoms with van der Waals surface area (Å²) in [4.78, 5) is 1.06. The van der Waals surface area contributed by atoms with Crippen molar-refractivity contribution >= 4 is 37.3 Å². The Hall–Kier alpha value is 0.0900. The third-order valence-electron chi connectivity index (χ3n) is 1.96. The Morgan fingerprint density at radius 1 is 1.53 bits per heavy atom. The summed E-state index contributed by atoms with van der Waals surface area (Å²) in [6, 6.07) is 3.86. The molecule has 0 bridgehead atoms. The van der Waals surface area contributed by atoms with E-state index in [2.05, 4.69) is 15.9 Å². The summed E-state index contributed by atoms with van der Waals surface area (Å²) >= 11 is 4.59. The standard InChI is InChI=1S/C9H14BrNO2S2/c1-8(2)11(15(12,13)7-10)6-9-4-3-5-14-9/h3-5,8H,6-7H2,1-2H3. The van der Waals surface area contributed by atoms with Crippen LogP contribution >= 0.6 is 27.3 Å². The van der Waals surface area contributed by atoms with Gasteiger partial charge in [-0.15, -0.1) is 11.3 Å². The van der Waals surface area contributed by atoms with E-state index in [9.17, 15) is 8.42 Å². The van der Waals surface area contributed by atoms with E-state index in [0.717, 1.165) is 4.88 Å². The summed E-state index contributed by atoms with van der Waals surface area (Å²) in [7, 11) is -3.18. The van der Waals surface area contributed by atoms with Gasteiger partial charge in [0.1, 0.15) is 4.66 Å². The Morgan fingerprint density at radius 2 is 2.20 bits per heavy atom. The van der Waals surface area contributed by atoms with Crippen LogP contribution in [-0.4, -0.2) is 23.4 Å². The van der Waals surface area contributed by atoms with E-state index in [0.29, 0.717) is 6.54 Å². The van der Waals surface area contributed by atoms with Crippen molar-refractivity contribution in [2.75, 3.05) is 4.66 Å². The number of rotatable bonds is 5. The van der Waals surface area contributed by atoms with Crippen LogP contribution in [0.1, 0.15) is 18.7 Å². The zero-order chi connectivity index (χ0) is 11.5. The maximum atomic E-state index is 11.8. The molecule has 1 heterocycles. The second kappa shape index (κ2) is 5.43. The van der Waals surface area contributed by atoms with Gasteiger partial charge in [0.2, 0.25) is 10.0 Å². The second-order valence-electron chi connectivity index (χ2n) is 3.44. The molecule has 0 aliphatic rings. The summed E-state index contributed by atoms with van der Waals surface area (Å²) in [6.07, 6.45) is 0. The van der Waals surface area contributed by atoms with Gasteiger partial charge in [0.15, 0.2) is 0 Å². The van der Waals surface area contributed by atoms with E-state index in [4.69, 9.17) is 0 Å². The summed E-state index contributed by atoms with van der Waals surface area (Å²) in [5.74, 6) is 0. The molecule has 0 fully saturated rings. The molecule has 0 amide bonds. The lowest BCUT2D eigenvalue weighted by atomic mass is 10.4. The highest BCUT2D eigenvalue weighted by atomic mass is 79.9. The van der Waals surface area contributed by atoms with Crippen molar-refractivity contribution in [2.24, 2.45) is 0 Å². The van der Waals surface area contributed by atoms with Crippen LogP contribution in [0.15, 0.2) is 17.5 Å². The Morgan fingerprint density at radius 3 is 2.60 bits per heavy atom. The number of sulfonamides is 1. The average molecular weight is 312 g/mol. The summed E-state index contributed by atoms with van der Waals surface area (Å²) < 4.78 is 25.0. The summed E-state index contributed by atoms with van der Waals surface area (Å²) in [5.41, 5.74) is 0. The van der Waals surface area contributed by atoms with E-state index in [-0.39, 0.29) is 10.7 Å². The minimum Gasteiger partial charge on any atom is -0.211 e. The smallest absolute Gasteiger partial charge is 0.211 e. The van der Waals surface area contributed by atoms with E-state index >= 15 is 0 Å². The van der Waals surface area contributed by atoms with Gasteiger partial charge < -0.3 is 0 Å².